The van der Waals surface area contributed by atoms with E-state index in [1.807, 2.05) is 30.3 Å². The topological polar surface area (TPSA) is 15.8 Å². The molecule has 0 amide bonds. The lowest BCUT2D eigenvalue weighted by Gasteiger charge is -1.93. The van der Waals surface area contributed by atoms with E-state index in [1.165, 1.54) is 16.5 Å². The highest BCUT2D eigenvalue weighted by atomic mass is 35.5. The van der Waals surface area contributed by atoms with Crippen LogP contribution in [0.2, 0.25) is 5.02 Å². The van der Waals surface area contributed by atoms with Crippen LogP contribution >= 0.6 is 11.6 Å². The fraction of sp³-hybridized carbons (Fsp3) is 0.0588. The molecule has 0 spiro atoms. The van der Waals surface area contributed by atoms with Crippen molar-refractivity contribution in [2.75, 3.05) is 0 Å². The Kier molecular flexibility index (Phi) is 3.14. The van der Waals surface area contributed by atoms with Gasteiger partial charge in [0.1, 0.15) is 0 Å². The second-order valence-corrected chi connectivity index (χ2v) is 5.03. The summed E-state index contributed by atoms with van der Waals surface area (Å²) in [7, 11) is 0. The number of halogens is 1. The monoisotopic (exact) mass is 267 g/mol. The average Bonchev–Trinajstić information content (AvgIpc) is 2.74. The molecule has 2 aromatic carbocycles. The maximum Gasteiger partial charge on any atom is 0.0476 e. The molecule has 0 saturated heterocycles. The molecule has 0 bridgehead atoms. The minimum Gasteiger partial charge on any atom is -0.355 e. The van der Waals surface area contributed by atoms with E-state index in [-0.39, 0.29) is 0 Å². The predicted molar refractivity (Wildman–Crippen MR) is 83.4 cm³/mol. The van der Waals surface area contributed by atoms with Gasteiger partial charge in [0, 0.05) is 21.6 Å². The van der Waals surface area contributed by atoms with Crippen LogP contribution in [0.3, 0.4) is 0 Å². The van der Waals surface area contributed by atoms with Crippen molar-refractivity contribution in [1.29, 1.82) is 0 Å². The Labute approximate surface area is 117 Å². The normalized spacial score (nSPS) is 11.5. The lowest BCUT2D eigenvalue weighted by molar-refractivity contribution is 1.38. The van der Waals surface area contributed by atoms with Gasteiger partial charge in [-0.15, -0.1) is 0 Å². The van der Waals surface area contributed by atoms with Crippen molar-refractivity contribution in [3.63, 3.8) is 0 Å². The minimum atomic E-state index is 0.757. The van der Waals surface area contributed by atoms with Crippen LogP contribution in [-0.4, -0.2) is 4.98 Å². The molecule has 0 atom stereocenters. The van der Waals surface area contributed by atoms with Crippen LogP contribution in [0, 0.1) is 6.92 Å². The average molecular weight is 268 g/mol. The quantitative estimate of drug-likeness (QED) is 0.648. The smallest absolute Gasteiger partial charge is 0.0476 e. The van der Waals surface area contributed by atoms with Crippen molar-refractivity contribution in [3.05, 3.63) is 70.4 Å². The third-order valence-electron chi connectivity index (χ3n) is 3.30. The van der Waals surface area contributed by atoms with E-state index in [0.29, 0.717) is 0 Å². The Morgan fingerprint density at radius 3 is 2.58 bits per heavy atom. The third kappa shape index (κ3) is 2.42. The second-order valence-electron chi connectivity index (χ2n) is 4.60. The maximum absolute atomic E-state index is 6.02. The number of aromatic amines is 1. The summed E-state index contributed by atoms with van der Waals surface area (Å²) < 4.78 is 0. The maximum atomic E-state index is 6.02. The SMILES string of the molecule is Cc1c(C=Cc2ccccc2)[nH]c2cc(Cl)ccc12. The standard InChI is InChI=1S/C17H14ClN/c1-12-15-9-8-14(18)11-17(15)19-16(12)10-7-13-5-3-2-4-6-13/h2-11,19H,1H3. The van der Waals surface area contributed by atoms with Gasteiger partial charge in [-0.25, -0.2) is 0 Å². The molecule has 1 N–H and O–H groups in total. The van der Waals surface area contributed by atoms with E-state index in [1.54, 1.807) is 0 Å². The molecule has 94 valence electrons. The summed E-state index contributed by atoms with van der Waals surface area (Å²) >= 11 is 6.02. The summed E-state index contributed by atoms with van der Waals surface area (Å²) in [6.45, 7) is 2.12. The Morgan fingerprint density at radius 1 is 1.00 bits per heavy atom. The van der Waals surface area contributed by atoms with E-state index in [2.05, 4.69) is 42.3 Å². The molecular formula is C17H14ClN. The molecule has 1 aromatic heterocycles. The molecule has 3 aromatic rings. The third-order valence-corrected chi connectivity index (χ3v) is 3.54. The number of fused-ring (bicyclic) bond motifs is 1. The fourth-order valence-electron chi connectivity index (χ4n) is 2.24. The number of benzene rings is 2. The molecule has 1 nitrogen and oxygen atoms in total. The Morgan fingerprint density at radius 2 is 1.79 bits per heavy atom. The molecule has 2 heteroatoms. The summed E-state index contributed by atoms with van der Waals surface area (Å²) in [6.07, 6.45) is 4.22. The van der Waals surface area contributed by atoms with Gasteiger partial charge in [0.15, 0.2) is 0 Å². The zero-order valence-electron chi connectivity index (χ0n) is 10.7. The largest absolute Gasteiger partial charge is 0.355 e. The number of nitrogens with one attached hydrogen (secondary N) is 1. The van der Waals surface area contributed by atoms with Gasteiger partial charge in [0.2, 0.25) is 0 Å². The van der Waals surface area contributed by atoms with Crippen molar-refractivity contribution < 1.29 is 0 Å². The molecule has 0 aliphatic rings. The summed E-state index contributed by atoms with van der Waals surface area (Å²) in [6, 6.07) is 16.2. The van der Waals surface area contributed by atoms with Gasteiger partial charge in [-0.2, -0.15) is 0 Å². The number of hydrogen-bond donors (Lipinski definition) is 1. The first-order chi connectivity index (χ1) is 9.24. The van der Waals surface area contributed by atoms with E-state index in [9.17, 15) is 0 Å². The van der Waals surface area contributed by atoms with Crippen LogP contribution in [0.1, 0.15) is 16.8 Å². The number of rotatable bonds is 2. The molecule has 0 aliphatic carbocycles. The zero-order valence-corrected chi connectivity index (χ0v) is 11.4. The van der Waals surface area contributed by atoms with E-state index in [0.717, 1.165) is 16.2 Å². The van der Waals surface area contributed by atoms with Gasteiger partial charge in [-0.05, 0) is 36.3 Å². The summed E-state index contributed by atoms with van der Waals surface area (Å²) in [4.78, 5) is 3.40. The van der Waals surface area contributed by atoms with Crippen molar-refractivity contribution in [3.8, 4) is 0 Å². The van der Waals surface area contributed by atoms with Gasteiger partial charge in [-0.1, -0.05) is 54.1 Å². The van der Waals surface area contributed by atoms with Crippen molar-refractivity contribution >= 4 is 34.7 Å². The van der Waals surface area contributed by atoms with Gasteiger partial charge in [-0.3, -0.25) is 0 Å². The molecule has 0 radical (unpaired) electrons. The molecule has 0 unspecified atom stereocenters. The molecular weight excluding hydrogens is 254 g/mol. The van der Waals surface area contributed by atoms with E-state index < -0.39 is 0 Å². The second kappa shape index (κ2) is 4.94. The van der Waals surface area contributed by atoms with Crippen LogP contribution in [0.4, 0.5) is 0 Å². The van der Waals surface area contributed by atoms with Gasteiger partial charge >= 0.3 is 0 Å². The number of aromatic nitrogens is 1. The first kappa shape index (κ1) is 12.1. The van der Waals surface area contributed by atoms with Gasteiger partial charge in [0.25, 0.3) is 0 Å². The zero-order chi connectivity index (χ0) is 13.2. The van der Waals surface area contributed by atoms with E-state index >= 15 is 0 Å². The molecule has 0 aliphatic heterocycles. The molecule has 0 fully saturated rings. The summed E-state index contributed by atoms with van der Waals surface area (Å²) in [5.74, 6) is 0. The minimum absolute atomic E-state index is 0.757. The summed E-state index contributed by atoms with van der Waals surface area (Å²) in [5.41, 5.74) is 4.65. The highest BCUT2D eigenvalue weighted by Gasteiger charge is 2.05. The van der Waals surface area contributed by atoms with Crippen LogP contribution < -0.4 is 0 Å². The van der Waals surface area contributed by atoms with Crippen molar-refractivity contribution in [1.82, 2.24) is 4.98 Å². The lowest BCUT2D eigenvalue weighted by atomic mass is 10.1. The first-order valence-electron chi connectivity index (χ1n) is 6.25. The highest BCUT2D eigenvalue weighted by Crippen LogP contribution is 2.25. The molecule has 1 heterocycles. The molecule has 3 rings (SSSR count). The molecule has 19 heavy (non-hydrogen) atoms. The fourth-order valence-corrected chi connectivity index (χ4v) is 2.41. The highest BCUT2D eigenvalue weighted by molar-refractivity contribution is 6.31. The Balaban J connectivity index is 2.02. The molecule has 0 saturated carbocycles. The van der Waals surface area contributed by atoms with Crippen LogP contribution in [0.5, 0.6) is 0 Å². The number of hydrogen-bond acceptors (Lipinski definition) is 0. The lowest BCUT2D eigenvalue weighted by Crippen LogP contribution is -1.75. The predicted octanol–water partition coefficient (Wildman–Crippen LogP) is 5.30. The first-order valence-corrected chi connectivity index (χ1v) is 6.63. The van der Waals surface area contributed by atoms with Crippen molar-refractivity contribution in [2.24, 2.45) is 0 Å². The van der Waals surface area contributed by atoms with Crippen LogP contribution in [0.25, 0.3) is 23.1 Å². The van der Waals surface area contributed by atoms with Gasteiger partial charge in [0.05, 0.1) is 0 Å². The number of aryl methyl sites for hydroxylation is 1. The van der Waals surface area contributed by atoms with Gasteiger partial charge < -0.3 is 4.98 Å². The van der Waals surface area contributed by atoms with Crippen LogP contribution in [0.15, 0.2) is 48.5 Å². The Bertz CT molecular complexity index is 739. The van der Waals surface area contributed by atoms with E-state index in [4.69, 9.17) is 11.6 Å². The number of H-pyrrole nitrogens is 1. The van der Waals surface area contributed by atoms with Crippen LogP contribution in [-0.2, 0) is 0 Å². The summed E-state index contributed by atoms with van der Waals surface area (Å²) in [5, 5.41) is 1.98. The Hall–Kier alpha value is -1.99. The van der Waals surface area contributed by atoms with Crippen molar-refractivity contribution in [2.45, 2.75) is 6.92 Å².